The zero-order valence-corrected chi connectivity index (χ0v) is 19.2. The molecule has 0 saturated heterocycles. The van der Waals surface area contributed by atoms with Crippen LogP contribution in [0.15, 0.2) is 73.2 Å². The molecule has 0 unspecified atom stereocenters. The first-order chi connectivity index (χ1) is 17.4. The summed E-state index contributed by atoms with van der Waals surface area (Å²) in [6, 6.07) is 12.1. The summed E-state index contributed by atoms with van der Waals surface area (Å²) in [6.07, 6.45) is -6.12. The van der Waals surface area contributed by atoms with Crippen molar-refractivity contribution < 1.29 is 35.9 Å². The fourth-order valence-corrected chi connectivity index (χ4v) is 3.46. The van der Waals surface area contributed by atoms with Crippen LogP contribution in [0.3, 0.4) is 0 Å². The van der Waals surface area contributed by atoms with Crippen LogP contribution >= 0.6 is 11.6 Å². The maximum Gasteiger partial charge on any atom is 0.433 e. The van der Waals surface area contributed by atoms with E-state index in [1.807, 2.05) is 0 Å². The Kier molecular flexibility index (Phi) is 7.12. The van der Waals surface area contributed by atoms with Crippen LogP contribution in [0, 0.1) is 0 Å². The zero-order chi connectivity index (χ0) is 26.8. The van der Waals surface area contributed by atoms with E-state index in [1.165, 1.54) is 22.9 Å². The lowest BCUT2D eigenvalue weighted by Gasteiger charge is -2.13. The number of nitrogens with one attached hydrogen (secondary N) is 1. The average Bonchev–Trinajstić information content (AvgIpc) is 3.32. The number of aromatic nitrogens is 3. The monoisotopic (exact) mass is 540 g/mol. The van der Waals surface area contributed by atoms with Crippen molar-refractivity contribution in [1.82, 2.24) is 19.9 Å². The highest BCUT2D eigenvalue weighted by molar-refractivity contribution is 6.32. The van der Waals surface area contributed by atoms with Crippen molar-refractivity contribution in [3.05, 3.63) is 101 Å². The third kappa shape index (κ3) is 6.20. The van der Waals surface area contributed by atoms with Crippen LogP contribution in [0.5, 0.6) is 11.5 Å². The summed E-state index contributed by atoms with van der Waals surface area (Å²) < 4.78 is 83.2. The molecule has 0 bridgehead atoms. The van der Waals surface area contributed by atoms with E-state index in [0.717, 1.165) is 24.4 Å². The highest BCUT2D eigenvalue weighted by Gasteiger charge is 2.33. The van der Waals surface area contributed by atoms with Gasteiger partial charge in [-0.2, -0.15) is 26.3 Å². The van der Waals surface area contributed by atoms with Gasteiger partial charge in [-0.05, 0) is 48.0 Å². The lowest BCUT2D eigenvalue weighted by Crippen LogP contribution is -2.25. The van der Waals surface area contributed by atoms with Crippen LogP contribution in [0.4, 0.5) is 26.3 Å². The molecule has 6 nitrogen and oxygen atoms in total. The maximum absolute atomic E-state index is 12.9. The SMILES string of the molecule is O=C(NCc1ccc(Oc2ccc(C(F)(F)F)nc2)cc1)c1cccn1-c1ncc(C(F)(F)F)cc1Cl. The predicted octanol–water partition coefficient (Wildman–Crippen LogP) is 6.68. The summed E-state index contributed by atoms with van der Waals surface area (Å²) in [5.41, 5.74) is -1.27. The fraction of sp³-hybridized carbons (Fsp3) is 0.125. The second-order valence-electron chi connectivity index (χ2n) is 7.60. The van der Waals surface area contributed by atoms with Crippen LogP contribution in [-0.2, 0) is 18.9 Å². The lowest BCUT2D eigenvalue weighted by molar-refractivity contribution is -0.141. The normalized spacial score (nSPS) is 11.9. The smallest absolute Gasteiger partial charge is 0.433 e. The molecule has 0 saturated carbocycles. The molecule has 0 aliphatic heterocycles. The number of carbonyl (C=O) groups excluding carboxylic acids is 1. The van der Waals surface area contributed by atoms with Crippen molar-refractivity contribution in [2.45, 2.75) is 18.9 Å². The minimum atomic E-state index is -4.61. The Morgan fingerprint density at radius 2 is 1.62 bits per heavy atom. The second-order valence-corrected chi connectivity index (χ2v) is 8.00. The number of ether oxygens (including phenoxy) is 1. The number of pyridine rings is 2. The molecular formula is C24H15ClF6N4O2. The second kappa shape index (κ2) is 10.1. The summed E-state index contributed by atoms with van der Waals surface area (Å²) in [7, 11) is 0. The number of rotatable bonds is 6. The summed E-state index contributed by atoms with van der Waals surface area (Å²) in [4.78, 5) is 19.8. The van der Waals surface area contributed by atoms with Gasteiger partial charge in [0.15, 0.2) is 5.82 Å². The molecule has 1 aromatic carbocycles. The summed E-state index contributed by atoms with van der Waals surface area (Å²) in [6.45, 7) is 0.0975. The average molecular weight is 541 g/mol. The highest BCUT2D eigenvalue weighted by atomic mass is 35.5. The van der Waals surface area contributed by atoms with E-state index in [0.29, 0.717) is 17.5 Å². The predicted molar refractivity (Wildman–Crippen MR) is 121 cm³/mol. The van der Waals surface area contributed by atoms with Crippen LogP contribution < -0.4 is 10.1 Å². The number of carbonyl (C=O) groups is 1. The molecule has 3 aromatic heterocycles. The van der Waals surface area contributed by atoms with Gasteiger partial charge in [0.1, 0.15) is 22.9 Å². The van der Waals surface area contributed by atoms with Crippen LogP contribution in [-0.4, -0.2) is 20.4 Å². The Hall–Kier alpha value is -4.06. The number of alkyl halides is 6. The van der Waals surface area contributed by atoms with Gasteiger partial charge >= 0.3 is 12.4 Å². The van der Waals surface area contributed by atoms with E-state index in [4.69, 9.17) is 16.3 Å². The van der Waals surface area contributed by atoms with E-state index < -0.39 is 29.5 Å². The van der Waals surface area contributed by atoms with Gasteiger partial charge in [-0.15, -0.1) is 0 Å². The van der Waals surface area contributed by atoms with Gasteiger partial charge in [-0.25, -0.2) is 9.97 Å². The quantitative estimate of drug-likeness (QED) is 0.277. The third-order valence-electron chi connectivity index (χ3n) is 5.00. The van der Waals surface area contributed by atoms with Crippen LogP contribution in [0.1, 0.15) is 27.3 Å². The molecule has 0 aliphatic rings. The van der Waals surface area contributed by atoms with Gasteiger partial charge in [0, 0.05) is 18.9 Å². The first-order valence-corrected chi connectivity index (χ1v) is 10.8. The molecule has 4 rings (SSSR count). The molecule has 192 valence electrons. The molecule has 37 heavy (non-hydrogen) atoms. The third-order valence-corrected chi connectivity index (χ3v) is 5.28. The highest BCUT2D eigenvalue weighted by Crippen LogP contribution is 2.32. The molecule has 3 heterocycles. The number of halogens is 7. The first kappa shape index (κ1) is 26.0. The largest absolute Gasteiger partial charge is 0.456 e. The molecule has 13 heteroatoms. The molecule has 0 spiro atoms. The van der Waals surface area contributed by atoms with Gasteiger partial charge in [0.25, 0.3) is 5.91 Å². The van der Waals surface area contributed by atoms with Gasteiger partial charge < -0.3 is 10.1 Å². The zero-order valence-electron chi connectivity index (χ0n) is 18.4. The van der Waals surface area contributed by atoms with Crippen molar-refractivity contribution in [2.75, 3.05) is 0 Å². The van der Waals surface area contributed by atoms with E-state index in [9.17, 15) is 31.1 Å². The van der Waals surface area contributed by atoms with Crippen LogP contribution in [0.25, 0.3) is 5.82 Å². The molecule has 0 fully saturated rings. The molecular weight excluding hydrogens is 526 g/mol. The Bertz CT molecular complexity index is 1400. The fourth-order valence-electron chi connectivity index (χ4n) is 3.21. The van der Waals surface area contributed by atoms with Gasteiger partial charge in [0.2, 0.25) is 0 Å². The lowest BCUT2D eigenvalue weighted by atomic mass is 10.2. The standard InChI is InChI=1S/C24H15ClF6N4O2/c25-18-10-15(23(26,27)28)12-33-21(18)35-9-1-2-19(35)22(36)34-11-14-3-5-16(6-4-14)37-17-7-8-20(32-13-17)24(29,30)31/h1-10,12-13H,11H2,(H,34,36). The minimum absolute atomic E-state index is 0.0379. The number of hydrogen-bond acceptors (Lipinski definition) is 4. The molecule has 1 N–H and O–H groups in total. The van der Waals surface area contributed by atoms with E-state index >= 15 is 0 Å². The molecule has 1 amide bonds. The van der Waals surface area contributed by atoms with Crippen molar-refractivity contribution >= 4 is 17.5 Å². The van der Waals surface area contributed by atoms with Gasteiger partial charge in [0.05, 0.1) is 16.8 Å². The Morgan fingerprint density at radius 3 is 2.22 bits per heavy atom. The Morgan fingerprint density at radius 1 is 0.919 bits per heavy atom. The molecule has 0 radical (unpaired) electrons. The molecule has 0 atom stereocenters. The van der Waals surface area contributed by atoms with E-state index in [-0.39, 0.29) is 28.8 Å². The summed E-state index contributed by atoms with van der Waals surface area (Å²) in [5.74, 6) is -0.109. The first-order valence-electron chi connectivity index (χ1n) is 10.4. The van der Waals surface area contributed by atoms with Crippen molar-refractivity contribution in [3.63, 3.8) is 0 Å². The van der Waals surface area contributed by atoms with E-state index in [1.54, 1.807) is 24.3 Å². The molecule has 4 aromatic rings. The Balaban J connectivity index is 1.39. The van der Waals surface area contributed by atoms with Crippen molar-refractivity contribution in [1.29, 1.82) is 0 Å². The van der Waals surface area contributed by atoms with Crippen LogP contribution in [0.2, 0.25) is 5.02 Å². The summed E-state index contributed by atoms with van der Waals surface area (Å²) in [5, 5.41) is 2.41. The topological polar surface area (TPSA) is 69.0 Å². The van der Waals surface area contributed by atoms with Gasteiger partial charge in [-0.3, -0.25) is 9.36 Å². The van der Waals surface area contributed by atoms with E-state index in [2.05, 4.69) is 15.3 Å². The number of amides is 1. The minimum Gasteiger partial charge on any atom is -0.456 e. The Labute approximate surface area is 210 Å². The maximum atomic E-state index is 12.9. The molecule has 0 aliphatic carbocycles. The number of hydrogen-bond donors (Lipinski definition) is 1. The number of nitrogens with zero attached hydrogens (tertiary/aromatic N) is 3. The number of benzene rings is 1. The summed E-state index contributed by atoms with van der Waals surface area (Å²) >= 11 is 6.00. The van der Waals surface area contributed by atoms with Crippen molar-refractivity contribution in [3.8, 4) is 17.3 Å². The van der Waals surface area contributed by atoms with Crippen molar-refractivity contribution in [2.24, 2.45) is 0 Å². The van der Waals surface area contributed by atoms with Gasteiger partial charge in [-0.1, -0.05) is 23.7 Å².